The maximum atomic E-state index is 13.3. The van der Waals surface area contributed by atoms with Crippen LogP contribution in [0, 0.1) is 6.92 Å². The van der Waals surface area contributed by atoms with Crippen molar-refractivity contribution >= 4 is 34.0 Å². The highest BCUT2D eigenvalue weighted by atomic mass is 16.5. The molecule has 0 unspecified atom stereocenters. The zero-order valence-electron chi connectivity index (χ0n) is 18.8. The summed E-state index contributed by atoms with van der Waals surface area (Å²) >= 11 is 0. The molecule has 0 bridgehead atoms. The first-order chi connectivity index (χ1) is 15.6. The lowest BCUT2D eigenvalue weighted by atomic mass is 9.97. The Bertz CT molecular complexity index is 1130. The van der Waals surface area contributed by atoms with Gasteiger partial charge in [0.2, 0.25) is 0 Å². The van der Waals surface area contributed by atoms with Crippen molar-refractivity contribution in [2.75, 3.05) is 25.5 Å². The molecule has 0 spiro atoms. The molecule has 5 heteroatoms. The topological polar surface area (TPSA) is 58.6 Å². The number of esters is 1. The number of amides is 1. The number of benzene rings is 3. The molecular weight excluding hydrogens is 400 g/mol. The second-order valence-corrected chi connectivity index (χ2v) is 8.41. The summed E-state index contributed by atoms with van der Waals surface area (Å²) in [6.07, 6.45) is 4.34. The molecule has 0 radical (unpaired) electrons. The summed E-state index contributed by atoms with van der Waals surface area (Å²) in [7, 11) is 1.41. The number of anilines is 2. The van der Waals surface area contributed by atoms with Gasteiger partial charge in [-0.1, -0.05) is 30.3 Å². The molecule has 32 heavy (non-hydrogen) atoms. The Kier molecular flexibility index (Phi) is 6.74. The summed E-state index contributed by atoms with van der Waals surface area (Å²) in [5.74, 6) is -0.0841. The Balaban J connectivity index is 1.64. The molecule has 1 amide bonds. The Morgan fingerprint density at radius 3 is 2.56 bits per heavy atom. The molecule has 1 aliphatic rings. The van der Waals surface area contributed by atoms with Gasteiger partial charge in [-0.3, -0.25) is 9.59 Å². The van der Waals surface area contributed by atoms with Gasteiger partial charge < -0.3 is 15.0 Å². The highest BCUT2D eigenvalue weighted by molar-refractivity contribution is 6.11. The van der Waals surface area contributed by atoms with E-state index in [1.807, 2.05) is 41.3 Å². The summed E-state index contributed by atoms with van der Waals surface area (Å²) in [5, 5.41) is 5.56. The van der Waals surface area contributed by atoms with Gasteiger partial charge in [0.05, 0.1) is 7.11 Å². The number of likely N-dealkylation sites (tertiary alicyclic amines) is 1. The van der Waals surface area contributed by atoms with E-state index in [0.717, 1.165) is 64.8 Å². The molecule has 1 N–H and O–H groups in total. The molecule has 0 aliphatic carbocycles. The number of carbonyl (C=O) groups excluding carboxylic acids is 2. The van der Waals surface area contributed by atoms with Crippen molar-refractivity contribution in [1.82, 2.24) is 4.90 Å². The number of hydrogen-bond acceptors (Lipinski definition) is 4. The van der Waals surface area contributed by atoms with Crippen LogP contribution in [0.3, 0.4) is 0 Å². The van der Waals surface area contributed by atoms with E-state index in [2.05, 4.69) is 30.4 Å². The summed E-state index contributed by atoms with van der Waals surface area (Å²) in [6.45, 7) is 3.74. The van der Waals surface area contributed by atoms with Crippen LogP contribution >= 0.6 is 0 Å². The Morgan fingerprint density at radius 1 is 1.00 bits per heavy atom. The van der Waals surface area contributed by atoms with E-state index >= 15 is 0 Å². The monoisotopic (exact) mass is 430 g/mol. The van der Waals surface area contributed by atoms with Crippen LogP contribution in [-0.2, 0) is 16.0 Å². The average Bonchev–Trinajstić information content (AvgIpc) is 2.83. The zero-order chi connectivity index (χ0) is 22.5. The van der Waals surface area contributed by atoms with Gasteiger partial charge in [0, 0.05) is 41.8 Å². The quantitative estimate of drug-likeness (QED) is 0.516. The number of nitrogens with one attached hydrogen (secondary N) is 1. The summed E-state index contributed by atoms with van der Waals surface area (Å²) in [4.78, 5) is 26.8. The SMILES string of the molecule is COC(=O)CCc1cccc(Nc2ccc(C(=O)N3CCCCC3)c3c(C)cccc23)c1. The predicted molar refractivity (Wildman–Crippen MR) is 129 cm³/mol. The lowest BCUT2D eigenvalue weighted by Gasteiger charge is -2.27. The zero-order valence-corrected chi connectivity index (χ0v) is 18.8. The van der Waals surface area contributed by atoms with Crippen LogP contribution in [0.1, 0.15) is 47.2 Å². The van der Waals surface area contributed by atoms with E-state index in [0.29, 0.717) is 12.8 Å². The molecule has 0 atom stereocenters. The molecule has 1 fully saturated rings. The normalized spacial score (nSPS) is 13.8. The standard InChI is InChI=1S/C27H30N2O3/c1-19-8-6-11-22-24(28-21-10-7-9-20(18-21)12-15-25(30)32-2)14-13-23(26(19)22)27(31)29-16-4-3-5-17-29/h6-11,13-14,18,28H,3-5,12,15-17H2,1-2H3. The first kappa shape index (κ1) is 21.9. The van der Waals surface area contributed by atoms with Crippen molar-refractivity contribution in [3.8, 4) is 0 Å². The number of rotatable bonds is 6. The van der Waals surface area contributed by atoms with E-state index in [9.17, 15) is 9.59 Å². The van der Waals surface area contributed by atoms with Crippen molar-refractivity contribution in [2.24, 2.45) is 0 Å². The molecule has 1 heterocycles. The number of piperidine rings is 1. The number of ether oxygens (including phenoxy) is 1. The van der Waals surface area contributed by atoms with Crippen LogP contribution in [0.2, 0.25) is 0 Å². The minimum absolute atomic E-state index is 0.125. The van der Waals surface area contributed by atoms with Crippen LogP contribution < -0.4 is 5.32 Å². The fourth-order valence-electron chi connectivity index (χ4n) is 4.45. The van der Waals surface area contributed by atoms with Crippen molar-refractivity contribution in [3.05, 3.63) is 71.3 Å². The molecule has 0 aromatic heterocycles. The summed E-state index contributed by atoms with van der Waals surface area (Å²) in [6, 6.07) is 18.2. The molecule has 3 aromatic rings. The Hall–Kier alpha value is -3.34. The van der Waals surface area contributed by atoms with Gasteiger partial charge >= 0.3 is 5.97 Å². The van der Waals surface area contributed by atoms with E-state index in [-0.39, 0.29) is 11.9 Å². The van der Waals surface area contributed by atoms with Gasteiger partial charge in [0.15, 0.2) is 0 Å². The highest BCUT2D eigenvalue weighted by Gasteiger charge is 2.21. The van der Waals surface area contributed by atoms with Gasteiger partial charge in [-0.25, -0.2) is 0 Å². The third-order valence-electron chi connectivity index (χ3n) is 6.17. The van der Waals surface area contributed by atoms with Crippen molar-refractivity contribution in [1.29, 1.82) is 0 Å². The van der Waals surface area contributed by atoms with E-state index in [4.69, 9.17) is 4.74 Å². The van der Waals surface area contributed by atoms with E-state index in [1.165, 1.54) is 13.5 Å². The molecule has 5 nitrogen and oxygen atoms in total. The van der Waals surface area contributed by atoms with Crippen LogP contribution in [0.4, 0.5) is 11.4 Å². The van der Waals surface area contributed by atoms with Gasteiger partial charge in [-0.15, -0.1) is 0 Å². The first-order valence-corrected chi connectivity index (χ1v) is 11.3. The predicted octanol–water partition coefficient (Wildman–Crippen LogP) is 5.62. The fraction of sp³-hybridized carbons (Fsp3) is 0.333. The Morgan fingerprint density at radius 2 is 1.78 bits per heavy atom. The van der Waals surface area contributed by atoms with Crippen molar-refractivity contribution < 1.29 is 14.3 Å². The van der Waals surface area contributed by atoms with Crippen molar-refractivity contribution in [3.63, 3.8) is 0 Å². The average molecular weight is 431 g/mol. The Labute approximate surface area is 189 Å². The molecule has 3 aromatic carbocycles. The highest BCUT2D eigenvalue weighted by Crippen LogP contribution is 2.32. The fourth-order valence-corrected chi connectivity index (χ4v) is 4.45. The second-order valence-electron chi connectivity index (χ2n) is 8.41. The van der Waals surface area contributed by atoms with Crippen molar-refractivity contribution in [2.45, 2.75) is 39.0 Å². The molecular formula is C27H30N2O3. The number of nitrogens with zero attached hydrogens (tertiary/aromatic N) is 1. The first-order valence-electron chi connectivity index (χ1n) is 11.3. The van der Waals surface area contributed by atoms with Crippen LogP contribution in [-0.4, -0.2) is 37.0 Å². The van der Waals surface area contributed by atoms with Gasteiger partial charge in [-0.2, -0.15) is 0 Å². The number of aryl methyl sites for hydroxylation is 2. The second kappa shape index (κ2) is 9.86. The van der Waals surface area contributed by atoms with Gasteiger partial charge in [-0.05, 0) is 73.4 Å². The lowest BCUT2D eigenvalue weighted by molar-refractivity contribution is -0.140. The molecule has 1 saturated heterocycles. The maximum Gasteiger partial charge on any atom is 0.305 e. The molecule has 0 saturated carbocycles. The molecule has 166 valence electrons. The third kappa shape index (κ3) is 4.77. The number of fused-ring (bicyclic) bond motifs is 1. The van der Waals surface area contributed by atoms with Crippen LogP contribution in [0.15, 0.2) is 54.6 Å². The molecule has 1 aliphatic heterocycles. The largest absolute Gasteiger partial charge is 0.469 e. The van der Waals surface area contributed by atoms with Gasteiger partial charge in [0.25, 0.3) is 5.91 Å². The number of hydrogen-bond donors (Lipinski definition) is 1. The summed E-state index contributed by atoms with van der Waals surface area (Å²) in [5.41, 5.74) is 4.85. The van der Waals surface area contributed by atoms with Gasteiger partial charge in [0.1, 0.15) is 0 Å². The molecule has 4 rings (SSSR count). The minimum atomic E-state index is -0.209. The summed E-state index contributed by atoms with van der Waals surface area (Å²) < 4.78 is 4.75. The third-order valence-corrected chi connectivity index (χ3v) is 6.17. The lowest BCUT2D eigenvalue weighted by Crippen LogP contribution is -2.35. The number of carbonyl (C=O) groups is 2. The smallest absolute Gasteiger partial charge is 0.305 e. The van der Waals surface area contributed by atoms with Crippen LogP contribution in [0.5, 0.6) is 0 Å². The van der Waals surface area contributed by atoms with E-state index < -0.39 is 0 Å². The maximum absolute atomic E-state index is 13.3. The van der Waals surface area contributed by atoms with E-state index in [1.54, 1.807) is 0 Å². The number of methoxy groups -OCH3 is 1. The van der Waals surface area contributed by atoms with Crippen LogP contribution in [0.25, 0.3) is 10.8 Å². The minimum Gasteiger partial charge on any atom is -0.469 e.